The zero-order valence-electron chi connectivity index (χ0n) is 13.2. The minimum Gasteiger partial charge on any atom is -0.481 e. The zero-order valence-corrected chi connectivity index (χ0v) is 13.2. The minimum atomic E-state index is -1.35. The number of ether oxygens (including phenoxy) is 2. The summed E-state index contributed by atoms with van der Waals surface area (Å²) in [6, 6.07) is -1.04. The highest BCUT2D eigenvalue weighted by atomic mass is 16.6. The lowest BCUT2D eigenvalue weighted by molar-refractivity contribution is -0.248. The zero-order chi connectivity index (χ0) is 18.7. The number of carbonyl (C=O) groups excluding carboxylic acids is 1. The second-order valence-corrected chi connectivity index (χ2v) is 5.06. The van der Waals surface area contributed by atoms with Crippen LogP contribution in [0.3, 0.4) is 0 Å². The Balaban J connectivity index is 0.000000441. The number of carboxylic acid groups (broad SMARTS) is 1. The molecule has 140 valence electrons. The van der Waals surface area contributed by atoms with Crippen molar-refractivity contribution in [1.29, 1.82) is 0 Å². The lowest BCUT2D eigenvalue weighted by atomic mass is 9.98. The van der Waals surface area contributed by atoms with E-state index >= 15 is 0 Å². The third kappa shape index (κ3) is 8.34. The van der Waals surface area contributed by atoms with Crippen molar-refractivity contribution in [3.8, 4) is 0 Å². The monoisotopic (exact) mass is 351 g/mol. The molecule has 0 aromatic heterocycles. The molecule has 10 nitrogen and oxygen atoms in total. The number of carbonyl (C=O) groups is 2. The summed E-state index contributed by atoms with van der Waals surface area (Å²) in [6.07, 6.45) is -2.39. The maximum absolute atomic E-state index is 10.6. The molecule has 1 aliphatic rings. The van der Waals surface area contributed by atoms with E-state index in [0.29, 0.717) is 12.8 Å². The van der Waals surface area contributed by atoms with Crippen molar-refractivity contribution < 1.29 is 44.6 Å². The third-order valence-corrected chi connectivity index (χ3v) is 3.18. The van der Waals surface area contributed by atoms with Crippen LogP contribution in [-0.4, -0.2) is 74.7 Å². The Bertz CT molecular complexity index is 399. The van der Waals surface area contributed by atoms with E-state index in [2.05, 4.69) is 11.3 Å². The maximum atomic E-state index is 10.6. The van der Waals surface area contributed by atoms with Gasteiger partial charge in [-0.1, -0.05) is 6.58 Å². The molecule has 0 aromatic carbocycles. The molecule has 1 rings (SSSR count). The van der Waals surface area contributed by atoms with Crippen LogP contribution < -0.4 is 5.73 Å². The number of carboxylic acids is 1. The summed E-state index contributed by atoms with van der Waals surface area (Å²) in [5.41, 5.74) is 5.26. The minimum absolute atomic E-state index is 0.0986. The van der Waals surface area contributed by atoms with Gasteiger partial charge in [-0.15, -0.1) is 0 Å². The van der Waals surface area contributed by atoms with Crippen molar-refractivity contribution >= 4 is 11.9 Å². The second-order valence-electron chi connectivity index (χ2n) is 5.06. The Hall–Kier alpha value is -1.56. The van der Waals surface area contributed by atoms with Gasteiger partial charge in [-0.05, 0) is 12.8 Å². The topological polar surface area (TPSA) is 180 Å². The van der Waals surface area contributed by atoms with E-state index in [1.165, 1.54) is 0 Å². The largest absolute Gasteiger partial charge is 0.481 e. The molecule has 0 bridgehead atoms. The second kappa shape index (κ2) is 11.9. The first-order chi connectivity index (χ1) is 11.2. The van der Waals surface area contributed by atoms with Gasteiger partial charge in [-0.25, -0.2) is 0 Å². The standard InChI is InChI=1S/C8H12O4.C6H13NO5/c1-2-12-8(11)6-4-3-5-7(9)10;7-3-5(10)4(9)2(1-8)12-6(3)11/h2H,1,3-6H2,(H,9,10);2-6,8-11H,1,7H2/t;2-,3-,4-,5-,6?/m.1/s1. The summed E-state index contributed by atoms with van der Waals surface area (Å²) in [5, 5.41) is 44.3. The van der Waals surface area contributed by atoms with Crippen LogP contribution in [0.2, 0.25) is 0 Å². The SMILES string of the molecule is C=COC(=O)CCCCC(=O)O.N[C@H]1C(O)O[C@H](CO)[C@@H](O)[C@@H]1O. The van der Waals surface area contributed by atoms with Crippen molar-refractivity contribution in [2.24, 2.45) is 5.73 Å². The number of aliphatic hydroxyl groups is 4. The first-order valence-electron chi connectivity index (χ1n) is 7.32. The van der Waals surface area contributed by atoms with E-state index in [1.807, 2.05) is 0 Å². The van der Waals surface area contributed by atoms with Gasteiger partial charge in [0.05, 0.1) is 18.9 Å². The van der Waals surface area contributed by atoms with Crippen LogP contribution in [0, 0.1) is 0 Å². The van der Waals surface area contributed by atoms with E-state index in [1.54, 1.807) is 0 Å². The quantitative estimate of drug-likeness (QED) is 0.172. The molecule has 0 aliphatic carbocycles. The van der Waals surface area contributed by atoms with Gasteiger partial charge in [0.2, 0.25) is 0 Å². The number of rotatable bonds is 7. The average Bonchev–Trinajstić information content (AvgIpc) is 2.53. The van der Waals surface area contributed by atoms with Crippen LogP contribution >= 0.6 is 0 Å². The molecule has 0 saturated carbocycles. The van der Waals surface area contributed by atoms with Crippen LogP contribution in [0.1, 0.15) is 25.7 Å². The van der Waals surface area contributed by atoms with Gasteiger partial charge >= 0.3 is 11.9 Å². The van der Waals surface area contributed by atoms with E-state index in [-0.39, 0.29) is 18.8 Å². The van der Waals surface area contributed by atoms with E-state index in [9.17, 15) is 19.8 Å². The van der Waals surface area contributed by atoms with Gasteiger partial charge in [0, 0.05) is 12.8 Å². The van der Waals surface area contributed by atoms with Crippen molar-refractivity contribution in [3.05, 3.63) is 12.8 Å². The number of nitrogens with two attached hydrogens (primary N) is 1. The number of hydrogen-bond donors (Lipinski definition) is 6. The molecule has 0 spiro atoms. The summed E-state index contributed by atoms with van der Waals surface area (Å²) in [6.45, 7) is 2.75. The number of hydrogen-bond acceptors (Lipinski definition) is 9. The Labute approximate surface area is 139 Å². The van der Waals surface area contributed by atoms with Crippen LogP contribution in [-0.2, 0) is 19.1 Å². The number of esters is 1. The van der Waals surface area contributed by atoms with Crippen LogP contribution in [0.5, 0.6) is 0 Å². The molecule has 1 saturated heterocycles. The van der Waals surface area contributed by atoms with Gasteiger partial charge < -0.3 is 40.7 Å². The molecule has 5 atom stereocenters. The number of unbranched alkanes of at least 4 members (excludes halogenated alkanes) is 1. The summed E-state index contributed by atoms with van der Waals surface area (Å²) in [5.74, 6) is -1.21. The molecule has 0 amide bonds. The third-order valence-electron chi connectivity index (χ3n) is 3.18. The Morgan fingerprint density at radius 1 is 1.17 bits per heavy atom. The molecule has 1 fully saturated rings. The highest BCUT2D eigenvalue weighted by molar-refractivity contribution is 5.70. The Morgan fingerprint density at radius 2 is 1.75 bits per heavy atom. The molecule has 10 heteroatoms. The summed E-state index contributed by atoms with van der Waals surface area (Å²) in [7, 11) is 0. The first kappa shape index (κ1) is 22.4. The molecule has 1 unspecified atom stereocenters. The number of aliphatic carboxylic acids is 1. The van der Waals surface area contributed by atoms with Crippen LogP contribution in [0.25, 0.3) is 0 Å². The molecule has 24 heavy (non-hydrogen) atoms. The van der Waals surface area contributed by atoms with E-state index in [0.717, 1.165) is 6.26 Å². The molecule has 0 aromatic rings. The fourth-order valence-corrected chi connectivity index (χ4v) is 1.82. The predicted molar refractivity (Wildman–Crippen MR) is 80.3 cm³/mol. The van der Waals surface area contributed by atoms with Crippen molar-refractivity contribution in [2.75, 3.05) is 6.61 Å². The highest BCUT2D eigenvalue weighted by Gasteiger charge is 2.41. The lowest BCUT2D eigenvalue weighted by Gasteiger charge is -2.38. The summed E-state index contributed by atoms with van der Waals surface area (Å²) >= 11 is 0. The molecular formula is C14H25NO9. The normalized spacial score (nSPS) is 29.1. The van der Waals surface area contributed by atoms with Gasteiger partial charge in [0.25, 0.3) is 0 Å². The number of aliphatic hydroxyl groups excluding tert-OH is 4. The van der Waals surface area contributed by atoms with Gasteiger partial charge in [-0.2, -0.15) is 0 Å². The Morgan fingerprint density at radius 3 is 2.25 bits per heavy atom. The van der Waals surface area contributed by atoms with Gasteiger partial charge in [0.1, 0.15) is 18.3 Å². The predicted octanol–water partition coefficient (Wildman–Crippen LogP) is -1.94. The van der Waals surface area contributed by atoms with Crippen LogP contribution in [0.4, 0.5) is 0 Å². The molecule has 1 aliphatic heterocycles. The summed E-state index contributed by atoms with van der Waals surface area (Å²) < 4.78 is 9.13. The van der Waals surface area contributed by atoms with Gasteiger partial charge in [0.15, 0.2) is 6.29 Å². The molecule has 1 heterocycles. The average molecular weight is 351 g/mol. The lowest BCUT2D eigenvalue weighted by Crippen LogP contribution is -2.61. The first-order valence-corrected chi connectivity index (χ1v) is 7.32. The van der Waals surface area contributed by atoms with Crippen molar-refractivity contribution in [1.82, 2.24) is 0 Å². The maximum Gasteiger partial charge on any atom is 0.310 e. The molecule has 0 radical (unpaired) electrons. The van der Waals surface area contributed by atoms with E-state index in [4.69, 9.17) is 25.8 Å². The fraction of sp³-hybridized carbons (Fsp3) is 0.714. The van der Waals surface area contributed by atoms with Crippen LogP contribution in [0.15, 0.2) is 12.8 Å². The van der Waals surface area contributed by atoms with Crippen molar-refractivity contribution in [2.45, 2.75) is 56.3 Å². The molecular weight excluding hydrogens is 326 g/mol. The van der Waals surface area contributed by atoms with Gasteiger partial charge in [-0.3, -0.25) is 9.59 Å². The molecule has 7 N–H and O–H groups in total. The fourth-order valence-electron chi connectivity index (χ4n) is 1.82. The highest BCUT2D eigenvalue weighted by Crippen LogP contribution is 2.17. The van der Waals surface area contributed by atoms with E-state index < -0.39 is 43.2 Å². The Kier molecular flexibility index (Phi) is 11.1. The van der Waals surface area contributed by atoms with Crippen molar-refractivity contribution in [3.63, 3.8) is 0 Å². The smallest absolute Gasteiger partial charge is 0.310 e. The summed E-state index contributed by atoms with van der Waals surface area (Å²) in [4.78, 5) is 20.7.